The topological polar surface area (TPSA) is 90.4 Å². The Balaban J connectivity index is 1.90. The maximum Gasteiger partial charge on any atom is 0.236 e. The van der Waals surface area contributed by atoms with Crippen molar-refractivity contribution in [2.24, 2.45) is 5.84 Å². The molecule has 6 heteroatoms. The molecule has 128 valence electrons. The first-order valence-electron chi connectivity index (χ1n) is 7.79. The normalized spacial score (nSPS) is 12.1. The number of nitrogens with zero attached hydrogens (tertiary/aromatic N) is 1. The van der Waals surface area contributed by atoms with Gasteiger partial charge in [-0.25, -0.2) is 10.8 Å². The molecular weight excluding hydrogens is 318 g/mol. The number of carbonyl (C=O) groups excluding carboxylic acids is 1. The summed E-state index contributed by atoms with van der Waals surface area (Å²) in [6.45, 7) is 4.05. The first-order valence-corrected chi connectivity index (χ1v) is 7.79. The molecule has 1 atom stereocenters. The lowest BCUT2D eigenvalue weighted by atomic mass is 9.99. The summed E-state index contributed by atoms with van der Waals surface area (Å²) in [5.41, 5.74) is 5.90. The molecule has 0 fully saturated rings. The quantitative estimate of drug-likeness (QED) is 0.410. The third-order valence-corrected chi connectivity index (χ3v) is 3.98. The first-order chi connectivity index (χ1) is 12.1. The maximum atomic E-state index is 11.5. The third-order valence-electron chi connectivity index (χ3n) is 3.98. The van der Waals surface area contributed by atoms with Gasteiger partial charge in [-0.1, -0.05) is 30.8 Å². The predicted octanol–water partition coefficient (Wildman–Crippen LogP) is 2.90. The van der Waals surface area contributed by atoms with Crippen molar-refractivity contribution < 1.29 is 13.9 Å². The Kier molecular flexibility index (Phi) is 4.92. The summed E-state index contributed by atoms with van der Waals surface area (Å²) in [4.78, 5) is 16.0. The summed E-state index contributed by atoms with van der Waals surface area (Å²) in [5, 5.41) is 0. The summed E-state index contributed by atoms with van der Waals surface area (Å²) >= 11 is 0. The fourth-order valence-electron chi connectivity index (χ4n) is 2.59. The van der Waals surface area contributed by atoms with E-state index in [1.165, 1.54) is 7.11 Å². The molecule has 6 nitrogen and oxygen atoms in total. The minimum absolute atomic E-state index is 0.0928. The number of nitrogens with one attached hydrogen (secondary N) is 1. The molecule has 0 saturated carbocycles. The molecule has 0 aliphatic rings. The van der Waals surface area contributed by atoms with Crippen molar-refractivity contribution in [3.05, 3.63) is 60.7 Å². The highest BCUT2D eigenvalue weighted by Gasteiger charge is 2.18. The van der Waals surface area contributed by atoms with Gasteiger partial charge in [-0.2, -0.15) is 0 Å². The van der Waals surface area contributed by atoms with Crippen LogP contribution >= 0.6 is 0 Å². The Morgan fingerprint density at radius 2 is 2.08 bits per heavy atom. The average Bonchev–Trinajstić information content (AvgIpc) is 3.09. The number of hydrogen-bond acceptors (Lipinski definition) is 5. The van der Waals surface area contributed by atoms with E-state index in [9.17, 15) is 4.79 Å². The van der Waals surface area contributed by atoms with Crippen LogP contribution in [0.25, 0.3) is 28.1 Å². The van der Waals surface area contributed by atoms with Gasteiger partial charge in [0.05, 0.1) is 12.5 Å². The van der Waals surface area contributed by atoms with E-state index >= 15 is 0 Å². The lowest BCUT2D eigenvalue weighted by Crippen LogP contribution is -2.33. The van der Waals surface area contributed by atoms with Gasteiger partial charge in [0.2, 0.25) is 11.8 Å². The molecule has 3 rings (SSSR count). The number of carbonyl (C=O) groups is 1. The fourth-order valence-corrected chi connectivity index (χ4v) is 2.59. The number of hydrazine groups is 1. The number of methoxy groups -OCH3 is 1. The zero-order valence-electron chi connectivity index (χ0n) is 13.9. The van der Waals surface area contributed by atoms with Gasteiger partial charge >= 0.3 is 0 Å². The molecule has 0 aliphatic heterocycles. The van der Waals surface area contributed by atoms with Crippen LogP contribution in [-0.2, 0) is 9.53 Å². The molecule has 0 unspecified atom stereocenters. The highest BCUT2D eigenvalue weighted by atomic mass is 16.5. The number of aromatic nitrogens is 1. The van der Waals surface area contributed by atoms with E-state index in [-0.39, 0.29) is 12.3 Å². The van der Waals surface area contributed by atoms with Crippen molar-refractivity contribution in [2.75, 3.05) is 7.11 Å². The zero-order valence-corrected chi connectivity index (χ0v) is 13.9. The van der Waals surface area contributed by atoms with Crippen LogP contribution in [0.15, 0.2) is 59.5 Å². The lowest BCUT2D eigenvalue weighted by molar-refractivity contribution is -0.122. The number of oxazole rings is 1. The van der Waals surface area contributed by atoms with Gasteiger partial charge in [0, 0.05) is 12.7 Å². The number of benzene rings is 2. The van der Waals surface area contributed by atoms with Gasteiger partial charge in [-0.15, -0.1) is 0 Å². The molecule has 1 amide bonds. The van der Waals surface area contributed by atoms with E-state index in [1.54, 1.807) is 0 Å². The van der Waals surface area contributed by atoms with Crippen molar-refractivity contribution >= 4 is 22.6 Å². The van der Waals surface area contributed by atoms with Crippen molar-refractivity contribution in [1.29, 1.82) is 0 Å². The third kappa shape index (κ3) is 3.60. The zero-order chi connectivity index (χ0) is 17.8. The van der Waals surface area contributed by atoms with Crippen LogP contribution in [0.4, 0.5) is 0 Å². The highest BCUT2D eigenvalue weighted by molar-refractivity contribution is 5.84. The van der Waals surface area contributed by atoms with Crippen LogP contribution in [0.1, 0.15) is 12.0 Å². The van der Waals surface area contributed by atoms with Gasteiger partial charge in [-0.05, 0) is 35.4 Å². The van der Waals surface area contributed by atoms with Crippen LogP contribution in [0, 0.1) is 0 Å². The van der Waals surface area contributed by atoms with Gasteiger partial charge in [0.15, 0.2) is 5.58 Å². The van der Waals surface area contributed by atoms with Gasteiger partial charge in [0.25, 0.3) is 0 Å². The van der Waals surface area contributed by atoms with Crippen molar-refractivity contribution in [3.8, 4) is 11.5 Å². The van der Waals surface area contributed by atoms with Gasteiger partial charge in [0.1, 0.15) is 5.52 Å². The van der Waals surface area contributed by atoms with Crippen molar-refractivity contribution in [1.82, 2.24) is 10.4 Å². The van der Waals surface area contributed by atoms with Crippen LogP contribution in [0.3, 0.4) is 0 Å². The molecule has 0 saturated heterocycles. The number of hydrogen-bond donors (Lipinski definition) is 2. The largest absolute Gasteiger partial charge is 0.436 e. The Morgan fingerprint density at radius 3 is 2.76 bits per heavy atom. The molecule has 0 aliphatic carbocycles. The lowest BCUT2D eigenvalue weighted by Gasteiger charge is -2.17. The van der Waals surface area contributed by atoms with Crippen LogP contribution in [0.2, 0.25) is 0 Å². The van der Waals surface area contributed by atoms with Gasteiger partial charge in [-0.3, -0.25) is 10.2 Å². The molecule has 1 aromatic heterocycles. The molecule has 3 N–H and O–H groups in total. The summed E-state index contributed by atoms with van der Waals surface area (Å²) in [6, 6.07) is 15.3. The van der Waals surface area contributed by atoms with E-state index in [0.29, 0.717) is 17.0 Å². The first kappa shape index (κ1) is 16.9. The SMILES string of the molecule is C=C(c1ccc2nc(-c3ccccc3)oc2c1)[C@@H](CC(=O)NN)OC. The average molecular weight is 337 g/mol. The molecule has 0 radical (unpaired) electrons. The molecule has 1 heterocycles. The Bertz CT molecular complexity index is 903. The number of rotatable bonds is 6. The standard InChI is InChI=1S/C19H19N3O3/c1-12(16(24-2)11-18(23)22-20)14-8-9-15-17(10-14)25-19(21-15)13-6-4-3-5-7-13/h3-10,16H,1,11,20H2,2H3,(H,22,23)/t16-/m1/s1. The maximum absolute atomic E-state index is 11.5. The van der Waals surface area contributed by atoms with Crippen LogP contribution < -0.4 is 11.3 Å². The Hall–Kier alpha value is -2.96. The Morgan fingerprint density at radius 1 is 1.32 bits per heavy atom. The summed E-state index contributed by atoms with van der Waals surface area (Å²) in [6.07, 6.45) is -0.382. The van der Waals surface area contributed by atoms with E-state index in [0.717, 1.165) is 16.6 Å². The van der Waals surface area contributed by atoms with Gasteiger partial charge < -0.3 is 9.15 Å². The molecule has 0 spiro atoms. The molecule has 3 aromatic rings. The molecule has 0 bridgehead atoms. The minimum atomic E-state index is -0.475. The van der Waals surface area contributed by atoms with E-state index in [4.69, 9.17) is 15.0 Å². The highest BCUT2D eigenvalue weighted by Crippen LogP contribution is 2.28. The summed E-state index contributed by atoms with van der Waals surface area (Å²) in [5.74, 6) is 5.38. The minimum Gasteiger partial charge on any atom is -0.436 e. The van der Waals surface area contributed by atoms with E-state index in [1.807, 2.05) is 48.5 Å². The second-order valence-electron chi connectivity index (χ2n) is 5.59. The second-order valence-corrected chi connectivity index (χ2v) is 5.59. The van der Waals surface area contributed by atoms with Crippen LogP contribution in [-0.4, -0.2) is 24.1 Å². The predicted molar refractivity (Wildman–Crippen MR) is 96.2 cm³/mol. The number of nitrogens with two attached hydrogens (primary N) is 1. The fraction of sp³-hybridized carbons (Fsp3) is 0.158. The second kappa shape index (κ2) is 7.29. The van der Waals surface area contributed by atoms with E-state index < -0.39 is 6.10 Å². The number of ether oxygens (including phenoxy) is 1. The smallest absolute Gasteiger partial charge is 0.236 e. The summed E-state index contributed by atoms with van der Waals surface area (Å²) < 4.78 is 11.2. The Labute approximate surface area is 145 Å². The molecule has 2 aromatic carbocycles. The number of fused-ring (bicyclic) bond motifs is 1. The molecular formula is C19H19N3O3. The monoisotopic (exact) mass is 337 g/mol. The van der Waals surface area contributed by atoms with Crippen molar-refractivity contribution in [2.45, 2.75) is 12.5 Å². The van der Waals surface area contributed by atoms with Crippen molar-refractivity contribution in [3.63, 3.8) is 0 Å². The van der Waals surface area contributed by atoms with Crippen LogP contribution in [0.5, 0.6) is 0 Å². The summed E-state index contributed by atoms with van der Waals surface area (Å²) in [7, 11) is 1.53. The number of amides is 1. The molecule has 25 heavy (non-hydrogen) atoms. The van der Waals surface area contributed by atoms with E-state index in [2.05, 4.69) is 17.0 Å².